The second-order valence-electron chi connectivity index (χ2n) is 6.67. The van der Waals surface area contributed by atoms with Gasteiger partial charge in [0.1, 0.15) is 16.7 Å². The Hall–Kier alpha value is -2.29. The average Bonchev–Trinajstić information content (AvgIpc) is 3.19. The first-order chi connectivity index (χ1) is 13.8. The molecule has 2 unspecified atom stereocenters. The molecule has 2 N–H and O–H groups in total. The molecule has 1 fully saturated rings. The lowest BCUT2D eigenvalue weighted by atomic mass is 10.1. The largest absolute Gasteiger partial charge is 0.495 e. The summed E-state index contributed by atoms with van der Waals surface area (Å²) in [5.74, 6) is -0.153. The Bertz CT molecular complexity index is 996. The van der Waals surface area contributed by atoms with Gasteiger partial charge in [0.05, 0.1) is 23.9 Å². The molecule has 1 amide bonds. The van der Waals surface area contributed by atoms with Crippen molar-refractivity contribution in [3.05, 3.63) is 47.5 Å². The third-order valence-corrected chi connectivity index (χ3v) is 6.41. The summed E-state index contributed by atoms with van der Waals surface area (Å²) in [5.41, 5.74) is 0.578. The minimum absolute atomic E-state index is 0.0809. The maximum atomic E-state index is 12.9. The normalized spacial score (nSPS) is 19.0. The molecule has 1 aliphatic rings. The minimum Gasteiger partial charge on any atom is -0.495 e. The van der Waals surface area contributed by atoms with Crippen molar-refractivity contribution in [3.8, 4) is 5.75 Å². The molecule has 9 heteroatoms. The molecule has 1 aliphatic heterocycles. The maximum absolute atomic E-state index is 12.9. The number of methoxy groups -OCH3 is 1. The van der Waals surface area contributed by atoms with Gasteiger partial charge in [-0.3, -0.25) is 9.52 Å². The number of hydrogen-bond acceptors (Lipinski definition) is 5. The predicted molar refractivity (Wildman–Crippen MR) is 112 cm³/mol. The number of carbonyl (C=O) groups is 1. The average molecular weight is 439 g/mol. The highest BCUT2D eigenvalue weighted by Gasteiger charge is 2.30. The summed E-state index contributed by atoms with van der Waals surface area (Å²) < 4.78 is 39.2. The monoisotopic (exact) mass is 438 g/mol. The van der Waals surface area contributed by atoms with Crippen LogP contribution in [0.2, 0.25) is 5.02 Å². The van der Waals surface area contributed by atoms with Crippen LogP contribution in [0.4, 0.5) is 11.4 Å². The number of sulfonamides is 1. The van der Waals surface area contributed by atoms with Crippen LogP contribution in [0.25, 0.3) is 0 Å². The van der Waals surface area contributed by atoms with Crippen molar-refractivity contribution in [2.45, 2.75) is 43.3 Å². The first-order valence-corrected chi connectivity index (χ1v) is 11.1. The molecule has 0 aliphatic carbocycles. The van der Waals surface area contributed by atoms with Gasteiger partial charge in [-0.15, -0.1) is 0 Å². The maximum Gasteiger partial charge on any atom is 0.265 e. The number of amides is 1. The zero-order valence-electron chi connectivity index (χ0n) is 16.1. The number of anilines is 2. The Balaban J connectivity index is 1.83. The first kappa shape index (κ1) is 21.4. The summed E-state index contributed by atoms with van der Waals surface area (Å²) in [6.07, 6.45) is 1.86. The van der Waals surface area contributed by atoms with E-state index in [1.807, 2.05) is 6.92 Å². The van der Waals surface area contributed by atoms with Crippen molar-refractivity contribution in [3.63, 3.8) is 0 Å². The van der Waals surface area contributed by atoms with Crippen molar-refractivity contribution >= 4 is 38.9 Å². The number of para-hydroxylation sites is 1. The highest BCUT2D eigenvalue weighted by molar-refractivity contribution is 7.92. The molecule has 29 heavy (non-hydrogen) atoms. The zero-order chi connectivity index (χ0) is 21.0. The Morgan fingerprint density at radius 2 is 2.00 bits per heavy atom. The molecule has 0 bridgehead atoms. The Morgan fingerprint density at radius 3 is 2.66 bits per heavy atom. The SMILES string of the molecule is CCC1CCC(C(=O)Nc2ccc(OC)c(S(=O)(=O)Nc3ccccc3Cl)c2)O1. The van der Waals surface area contributed by atoms with Gasteiger partial charge in [0.25, 0.3) is 15.9 Å². The highest BCUT2D eigenvalue weighted by Crippen LogP contribution is 2.31. The third-order valence-electron chi connectivity index (χ3n) is 4.69. The van der Waals surface area contributed by atoms with Gasteiger partial charge < -0.3 is 14.8 Å². The van der Waals surface area contributed by atoms with E-state index in [4.69, 9.17) is 21.1 Å². The summed E-state index contributed by atoms with van der Waals surface area (Å²) in [4.78, 5) is 12.4. The van der Waals surface area contributed by atoms with Crippen molar-refractivity contribution in [2.24, 2.45) is 0 Å². The van der Waals surface area contributed by atoms with E-state index in [1.54, 1.807) is 30.3 Å². The van der Waals surface area contributed by atoms with Gasteiger partial charge in [-0.2, -0.15) is 0 Å². The van der Waals surface area contributed by atoms with E-state index < -0.39 is 16.1 Å². The second kappa shape index (κ2) is 9.02. The minimum atomic E-state index is -4.01. The van der Waals surface area contributed by atoms with Crippen molar-refractivity contribution in [2.75, 3.05) is 17.1 Å². The fourth-order valence-corrected chi connectivity index (χ4v) is 4.64. The smallest absolute Gasteiger partial charge is 0.265 e. The first-order valence-electron chi connectivity index (χ1n) is 9.25. The van der Waals surface area contributed by atoms with Crippen LogP contribution in [0, 0.1) is 0 Å². The lowest BCUT2D eigenvalue weighted by Gasteiger charge is -2.16. The summed E-state index contributed by atoms with van der Waals surface area (Å²) in [7, 11) is -2.64. The van der Waals surface area contributed by atoms with Gasteiger partial charge in [0.15, 0.2) is 0 Å². The highest BCUT2D eigenvalue weighted by atomic mass is 35.5. The molecule has 0 saturated carbocycles. The molecule has 1 heterocycles. The van der Waals surface area contributed by atoms with E-state index in [-0.39, 0.29) is 33.4 Å². The summed E-state index contributed by atoms with van der Waals surface area (Å²) in [6, 6.07) is 10.9. The molecule has 0 aromatic heterocycles. The summed E-state index contributed by atoms with van der Waals surface area (Å²) in [6.45, 7) is 2.01. The number of hydrogen-bond donors (Lipinski definition) is 2. The number of benzene rings is 2. The van der Waals surface area contributed by atoms with Crippen LogP contribution in [0.1, 0.15) is 26.2 Å². The zero-order valence-corrected chi connectivity index (χ0v) is 17.7. The molecule has 156 valence electrons. The molecular formula is C20H23ClN2O5S. The molecule has 0 spiro atoms. The molecule has 2 aromatic carbocycles. The molecular weight excluding hydrogens is 416 g/mol. The third kappa shape index (κ3) is 5.01. The predicted octanol–water partition coefficient (Wildman–Crippen LogP) is 4.05. The van der Waals surface area contributed by atoms with E-state index in [9.17, 15) is 13.2 Å². The van der Waals surface area contributed by atoms with Crippen molar-refractivity contribution in [1.29, 1.82) is 0 Å². The Labute approximate surface area is 175 Å². The Morgan fingerprint density at radius 1 is 1.24 bits per heavy atom. The number of ether oxygens (including phenoxy) is 2. The molecule has 2 atom stereocenters. The van der Waals surface area contributed by atoms with Crippen LogP contribution in [-0.4, -0.2) is 33.6 Å². The Kier molecular flexibility index (Phi) is 6.66. The van der Waals surface area contributed by atoms with Gasteiger partial charge in [-0.05, 0) is 49.6 Å². The van der Waals surface area contributed by atoms with Crippen LogP contribution < -0.4 is 14.8 Å². The fraction of sp³-hybridized carbons (Fsp3) is 0.350. The van der Waals surface area contributed by atoms with Gasteiger partial charge >= 0.3 is 0 Å². The van der Waals surface area contributed by atoms with Crippen LogP contribution in [0.15, 0.2) is 47.4 Å². The van der Waals surface area contributed by atoms with Gasteiger partial charge in [-0.1, -0.05) is 30.7 Å². The molecule has 2 aromatic rings. The number of halogens is 1. The lowest BCUT2D eigenvalue weighted by Crippen LogP contribution is -2.28. The molecule has 7 nitrogen and oxygen atoms in total. The van der Waals surface area contributed by atoms with E-state index >= 15 is 0 Å². The summed E-state index contributed by atoms with van der Waals surface area (Å²) in [5, 5.41) is 3.00. The van der Waals surface area contributed by atoms with Crippen LogP contribution >= 0.6 is 11.6 Å². The van der Waals surface area contributed by atoms with Crippen molar-refractivity contribution < 1.29 is 22.7 Å². The van der Waals surface area contributed by atoms with Crippen LogP contribution in [0.3, 0.4) is 0 Å². The standard InChI is InChI=1S/C20H23ClN2O5S/c1-3-14-9-11-18(28-14)20(24)22-13-8-10-17(27-2)19(12-13)29(25,26)23-16-7-5-4-6-15(16)21/h4-8,10,12,14,18,23H,3,9,11H2,1-2H3,(H,22,24). The lowest BCUT2D eigenvalue weighted by molar-refractivity contribution is -0.126. The van der Waals surface area contributed by atoms with E-state index in [0.29, 0.717) is 12.1 Å². The number of rotatable bonds is 7. The van der Waals surface area contributed by atoms with Crippen molar-refractivity contribution in [1.82, 2.24) is 0 Å². The van der Waals surface area contributed by atoms with Gasteiger partial charge in [0.2, 0.25) is 0 Å². The molecule has 1 saturated heterocycles. The van der Waals surface area contributed by atoms with E-state index in [0.717, 1.165) is 12.8 Å². The van der Waals surface area contributed by atoms with Gasteiger partial charge in [-0.25, -0.2) is 8.42 Å². The fourth-order valence-electron chi connectivity index (χ4n) is 3.13. The van der Waals surface area contributed by atoms with Crippen LogP contribution in [-0.2, 0) is 19.6 Å². The second-order valence-corrected chi connectivity index (χ2v) is 8.73. The van der Waals surface area contributed by atoms with E-state index in [1.165, 1.54) is 19.2 Å². The molecule has 0 radical (unpaired) electrons. The summed E-state index contributed by atoms with van der Waals surface area (Å²) >= 11 is 6.06. The quantitative estimate of drug-likeness (QED) is 0.680. The van der Waals surface area contributed by atoms with Gasteiger partial charge in [0, 0.05) is 5.69 Å². The van der Waals surface area contributed by atoms with E-state index in [2.05, 4.69) is 10.0 Å². The molecule has 3 rings (SSSR count). The van der Waals surface area contributed by atoms with Crippen LogP contribution in [0.5, 0.6) is 5.75 Å². The number of nitrogens with one attached hydrogen (secondary N) is 2. The number of carbonyl (C=O) groups excluding carboxylic acids is 1. The topological polar surface area (TPSA) is 93.7 Å².